The minimum absolute atomic E-state index is 0.228. The number of carbonyl (C=O) groups excluding carboxylic acids is 1. The van der Waals surface area contributed by atoms with E-state index in [1.807, 2.05) is 18.2 Å². The Hall–Kier alpha value is -1.72. The zero-order valence-corrected chi connectivity index (χ0v) is 15.7. The van der Waals surface area contributed by atoms with Crippen LogP contribution in [0.15, 0.2) is 46.9 Å². The third-order valence-electron chi connectivity index (χ3n) is 4.03. The van der Waals surface area contributed by atoms with Gasteiger partial charge < -0.3 is 5.32 Å². The van der Waals surface area contributed by atoms with Gasteiger partial charge in [-0.1, -0.05) is 24.3 Å². The fraction of sp³-hybridized carbons (Fsp3) is 0.316. The second kappa shape index (κ2) is 8.40. The predicted molar refractivity (Wildman–Crippen MR) is 98.3 cm³/mol. The van der Waals surface area contributed by atoms with Crippen molar-refractivity contribution in [2.24, 2.45) is 0 Å². The summed E-state index contributed by atoms with van der Waals surface area (Å²) in [7, 11) is 2.08. The number of rotatable bonds is 6. The summed E-state index contributed by atoms with van der Waals surface area (Å²) in [5.41, 5.74) is 2.69. The second-order valence-corrected chi connectivity index (χ2v) is 6.94. The second-order valence-electron chi connectivity index (χ2n) is 6.08. The summed E-state index contributed by atoms with van der Waals surface area (Å²) in [4.78, 5) is 14.6. The van der Waals surface area contributed by atoms with Crippen molar-refractivity contribution in [3.63, 3.8) is 0 Å². The molecule has 0 atom stereocenters. The largest absolute Gasteiger partial charge is 0.348 e. The maximum Gasteiger partial charge on any atom is 0.252 e. The Bertz CT molecular complexity index is 718. The molecule has 0 radical (unpaired) electrons. The van der Waals surface area contributed by atoms with Gasteiger partial charge in [-0.3, -0.25) is 9.69 Å². The normalized spacial score (nSPS) is 11.1. The average Bonchev–Trinajstić information content (AvgIpc) is 2.53. The Morgan fingerprint density at radius 3 is 2.50 bits per heavy atom. The molecule has 1 N–H and O–H groups in total. The molecule has 0 bridgehead atoms. The number of amides is 1. The number of nitrogens with zero attached hydrogens (tertiary/aromatic N) is 1. The van der Waals surface area contributed by atoms with Crippen molar-refractivity contribution in [3.05, 3.63) is 69.4 Å². The molecule has 0 aliphatic heterocycles. The molecule has 0 aliphatic rings. The van der Waals surface area contributed by atoms with Crippen LogP contribution in [0.4, 0.5) is 4.39 Å². The number of carbonyl (C=O) groups is 1. The van der Waals surface area contributed by atoms with E-state index in [0.29, 0.717) is 22.6 Å². The van der Waals surface area contributed by atoms with Crippen molar-refractivity contribution in [2.75, 3.05) is 7.05 Å². The van der Waals surface area contributed by atoms with Crippen LogP contribution in [0.2, 0.25) is 0 Å². The number of halogens is 2. The van der Waals surface area contributed by atoms with Gasteiger partial charge in [-0.25, -0.2) is 4.39 Å². The zero-order chi connectivity index (χ0) is 17.7. The summed E-state index contributed by atoms with van der Waals surface area (Å²) >= 11 is 3.23. The lowest BCUT2D eigenvalue weighted by Gasteiger charge is -2.22. The van der Waals surface area contributed by atoms with Crippen LogP contribution in [0.5, 0.6) is 0 Å². The van der Waals surface area contributed by atoms with Crippen LogP contribution in [-0.2, 0) is 13.1 Å². The molecular weight excluding hydrogens is 371 g/mol. The van der Waals surface area contributed by atoms with Crippen LogP contribution in [0, 0.1) is 5.82 Å². The molecule has 24 heavy (non-hydrogen) atoms. The lowest BCUT2D eigenvalue weighted by atomic mass is 10.1. The molecule has 0 unspecified atom stereocenters. The number of hydrogen-bond donors (Lipinski definition) is 1. The first-order chi connectivity index (χ1) is 11.4. The molecule has 0 saturated carbocycles. The Kier molecular flexibility index (Phi) is 6.52. The summed E-state index contributed by atoms with van der Waals surface area (Å²) in [6, 6.07) is 12.6. The maximum atomic E-state index is 13.1. The van der Waals surface area contributed by atoms with Crippen molar-refractivity contribution in [1.29, 1.82) is 0 Å². The minimum atomic E-state index is -0.375. The molecule has 3 nitrogen and oxygen atoms in total. The summed E-state index contributed by atoms with van der Waals surface area (Å²) in [5.74, 6) is -0.602. The van der Waals surface area contributed by atoms with Gasteiger partial charge in [0.1, 0.15) is 5.82 Å². The summed E-state index contributed by atoms with van der Waals surface area (Å²) < 4.78 is 13.6. The first-order valence-corrected chi connectivity index (χ1v) is 8.68. The molecule has 0 aliphatic carbocycles. The van der Waals surface area contributed by atoms with Crippen molar-refractivity contribution >= 4 is 21.8 Å². The van der Waals surface area contributed by atoms with Gasteiger partial charge in [0.25, 0.3) is 5.91 Å². The molecule has 1 amide bonds. The van der Waals surface area contributed by atoms with Gasteiger partial charge in [0.2, 0.25) is 0 Å². The van der Waals surface area contributed by atoms with Crippen molar-refractivity contribution in [3.8, 4) is 0 Å². The van der Waals surface area contributed by atoms with E-state index < -0.39 is 0 Å². The van der Waals surface area contributed by atoms with Crippen molar-refractivity contribution < 1.29 is 9.18 Å². The summed E-state index contributed by atoms with van der Waals surface area (Å²) in [6.07, 6.45) is 0. The van der Waals surface area contributed by atoms with Crippen LogP contribution < -0.4 is 5.32 Å². The summed E-state index contributed by atoms with van der Waals surface area (Å²) in [6.45, 7) is 5.56. The molecule has 0 fully saturated rings. The van der Waals surface area contributed by atoms with Gasteiger partial charge in [-0.15, -0.1) is 0 Å². The van der Waals surface area contributed by atoms with Gasteiger partial charge in [-0.2, -0.15) is 0 Å². The Labute approximate surface area is 151 Å². The Morgan fingerprint density at radius 1 is 1.21 bits per heavy atom. The molecule has 0 spiro atoms. The SMILES string of the molecule is CC(C)N(C)Cc1ccccc1CNC(=O)c1ccc(F)cc1Br. The number of hydrogen-bond acceptors (Lipinski definition) is 2. The number of benzene rings is 2. The predicted octanol–water partition coefficient (Wildman–Crippen LogP) is 4.36. The van der Waals surface area contributed by atoms with E-state index in [2.05, 4.69) is 53.1 Å². The molecule has 5 heteroatoms. The van der Waals surface area contributed by atoms with Gasteiger partial charge >= 0.3 is 0 Å². The van der Waals surface area contributed by atoms with Crippen molar-refractivity contribution in [1.82, 2.24) is 10.2 Å². The third-order valence-corrected chi connectivity index (χ3v) is 4.69. The lowest BCUT2D eigenvalue weighted by Crippen LogP contribution is -2.27. The van der Waals surface area contributed by atoms with Crippen LogP contribution in [0.3, 0.4) is 0 Å². The fourth-order valence-corrected chi connectivity index (χ4v) is 2.81. The third kappa shape index (κ3) is 4.89. The van der Waals surface area contributed by atoms with Crippen LogP contribution in [0.1, 0.15) is 35.3 Å². The first-order valence-electron chi connectivity index (χ1n) is 7.88. The topological polar surface area (TPSA) is 32.3 Å². The van der Waals surface area contributed by atoms with Gasteiger partial charge in [0, 0.05) is 23.6 Å². The van der Waals surface area contributed by atoms with Gasteiger partial charge in [-0.05, 0) is 66.2 Å². The molecular formula is C19H22BrFN2O. The van der Waals surface area contributed by atoms with Gasteiger partial charge in [0.15, 0.2) is 0 Å². The molecule has 128 valence electrons. The quantitative estimate of drug-likeness (QED) is 0.791. The fourth-order valence-electron chi connectivity index (χ4n) is 2.28. The average molecular weight is 393 g/mol. The van der Waals surface area contributed by atoms with E-state index in [0.717, 1.165) is 12.1 Å². The standard InChI is InChI=1S/C19H22BrFN2O/c1-13(2)23(3)12-15-7-5-4-6-14(15)11-22-19(24)17-9-8-16(21)10-18(17)20/h4-10,13H,11-12H2,1-3H3,(H,22,24). The zero-order valence-electron chi connectivity index (χ0n) is 14.1. The van der Waals surface area contributed by atoms with Crippen molar-refractivity contribution in [2.45, 2.75) is 33.0 Å². The lowest BCUT2D eigenvalue weighted by molar-refractivity contribution is 0.0950. The molecule has 0 saturated heterocycles. The summed E-state index contributed by atoms with van der Waals surface area (Å²) in [5, 5.41) is 2.91. The van der Waals surface area contributed by atoms with E-state index in [1.54, 1.807) is 0 Å². The van der Waals surface area contributed by atoms with E-state index in [-0.39, 0.29) is 11.7 Å². The Balaban J connectivity index is 2.07. The monoisotopic (exact) mass is 392 g/mol. The van der Waals surface area contributed by atoms with Gasteiger partial charge in [0.05, 0.1) is 5.56 Å². The van der Waals surface area contributed by atoms with Crippen LogP contribution in [-0.4, -0.2) is 23.9 Å². The smallest absolute Gasteiger partial charge is 0.252 e. The molecule has 2 rings (SSSR count). The highest BCUT2D eigenvalue weighted by Gasteiger charge is 2.12. The molecule has 2 aromatic rings. The maximum absolute atomic E-state index is 13.1. The van der Waals surface area contributed by atoms with E-state index >= 15 is 0 Å². The minimum Gasteiger partial charge on any atom is -0.348 e. The molecule has 2 aromatic carbocycles. The molecule has 0 aromatic heterocycles. The first kappa shape index (κ1) is 18.6. The molecule has 0 heterocycles. The highest BCUT2D eigenvalue weighted by molar-refractivity contribution is 9.10. The van der Waals surface area contributed by atoms with E-state index in [1.165, 1.54) is 23.8 Å². The van der Waals surface area contributed by atoms with E-state index in [4.69, 9.17) is 0 Å². The number of nitrogens with one attached hydrogen (secondary N) is 1. The van der Waals surface area contributed by atoms with Crippen LogP contribution >= 0.6 is 15.9 Å². The highest BCUT2D eigenvalue weighted by atomic mass is 79.9. The van der Waals surface area contributed by atoms with Crippen LogP contribution in [0.25, 0.3) is 0 Å². The Morgan fingerprint density at radius 2 is 1.88 bits per heavy atom. The highest BCUT2D eigenvalue weighted by Crippen LogP contribution is 2.18. The van der Waals surface area contributed by atoms with E-state index in [9.17, 15) is 9.18 Å².